The molecule has 3 heterocycles. The van der Waals surface area contributed by atoms with Crippen molar-refractivity contribution in [3.63, 3.8) is 0 Å². The zero-order valence-electron chi connectivity index (χ0n) is 17.0. The first-order valence-corrected chi connectivity index (χ1v) is 11.1. The number of fused-ring (bicyclic) bond motifs is 2. The molecule has 30 heavy (non-hydrogen) atoms. The lowest BCUT2D eigenvalue weighted by Gasteiger charge is -2.26. The summed E-state index contributed by atoms with van der Waals surface area (Å²) < 4.78 is 13.5. The lowest BCUT2D eigenvalue weighted by molar-refractivity contribution is -0.130. The second-order valence-corrected chi connectivity index (χ2v) is 8.31. The first-order chi connectivity index (χ1) is 14.6. The summed E-state index contributed by atoms with van der Waals surface area (Å²) in [5.74, 6) is 0.415. The summed E-state index contributed by atoms with van der Waals surface area (Å²) in [7, 11) is 0. The predicted octanol–water partition coefficient (Wildman–Crippen LogP) is 3.05. The summed E-state index contributed by atoms with van der Waals surface area (Å²) in [4.78, 5) is 23.5. The largest absolute Gasteiger partial charge is 0.361 e. The molecule has 8 heteroatoms. The summed E-state index contributed by atoms with van der Waals surface area (Å²) >= 11 is 1.76. The van der Waals surface area contributed by atoms with Crippen molar-refractivity contribution in [2.75, 3.05) is 26.2 Å². The highest BCUT2D eigenvalue weighted by Crippen LogP contribution is 2.24. The number of hydrogen-bond acceptors (Lipinski definition) is 3. The maximum Gasteiger partial charge on any atom is 0.244 e. The summed E-state index contributed by atoms with van der Waals surface area (Å²) in [6.07, 6.45) is 3.55. The van der Waals surface area contributed by atoms with Crippen LogP contribution in [0.4, 0.5) is 4.39 Å². The van der Waals surface area contributed by atoms with Gasteiger partial charge >= 0.3 is 0 Å². The fraction of sp³-hybridized carbons (Fsp3) is 0.364. The van der Waals surface area contributed by atoms with Crippen LogP contribution in [-0.4, -0.2) is 47.9 Å². The van der Waals surface area contributed by atoms with Crippen LogP contribution in [0.2, 0.25) is 0 Å². The number of carbonyl (C=O) groups is 1. The second kappa shape index (κ2) is 9.30. The minimum absolute atomic E-state index is 0.0381. The smallest absolute Gasteiger partial charge is 0.244 e. The Labute approximate surface area is 179 Å². The van der Waals surface area contributed by atoms with Gasteiger partial charge in [-0.3, -0.25) is 4.79 Å². The first kappa shape index (κ1) is 20.4. The highest BCUT2D eigenvalue weighted by Gasteiger charge is 2.21. The van der Waals surface area contributed by atoms with Gasteiger partial charge in [-0.1, -0.05) is 0 Å². The number of nitrogens with zero attached hydrogens (tertiary/aromatic N) is 2. The lowest BCUT2D eigenvalue weighted by Crippen LogP contribution is -2.40. The van der Waals surface area contributed by atoms with Crippen molar-refractivity contribution in [2.24, 2.45) is 4.99 Å². The van der Waals surface area contributed by atoms with Gasteiger partial charge < -0.3 is 20.5 Å². The molecule has 1 aliphatic rings. The molecule has 158 valence electrons. The Hall–Kier alpha value is -2.87. The van der Waals surface area contributed by atoms with E-state index in [1.807, 2.05) is 18.0 Å². The number of rotatable bonds is 6. The Balaban J connectivity index is 1.32. The van der Waals surface area contributed by atoms with Crippen molar-refractivity contribution < 1.29 is 9.18 Å². The summed E-state index contributed by atoms with van der Waals surface area (Å²) in [5, 5.41) is 9.44. The maximum absolute atomic E-state index is 13.5. The zero-order valence-corrected chi connectivity index (χ0v) is 17.8. The molecule has 3 aromatic rings. The van der Waals surface area contributed by atoms with Gasteiger partial charge in [0.15, 0.2) is 5.96 Å². The molecular formula is C22H26FN5OS. The van der Waals surface area contributed by atoms with Crippen LogP contribution in [0.1, 0.15) is 22.9 Å². The highest BCUT2D eigenvalue weighted by molar-refractivity contribution is 7.10. The average Bonchev–Trinajstić information content (AvgIpc) is 3.38. The molecule has 0 atom stereocenters. The number of thiophene rings is 1. The minimum Gasteiger partial charge on any atom is -0.361 e. The molecule has 0 saturated heterocycles. The topological polar surface area (TPSA) is 72.5 Å². The van der Waals surface area contributed by atoms with Crippen molar-refractivity contribution in [3.05, 3.63) is 57.7 Å². The standard InChI is InChI=1S/C22H26FN5OS/c1-2-24-22(25-8-5-15-12-26-19-4-3-17(23)11-18(15)19)27-13-21(29)28-9-6-20-16(14-28)7-10-30-20/h3-4,7,10-12,26H,2,5-6,8-9,13-14H2,1H3,(H2,24,25,27). The number of amides is 1. The quantitative estimate of drug-likeness (QED) is 0.418. The third-order valence-electron chi connectivity index (χ3n) is 5.29. The maximum atomic E-state index is 13.5. The molecule has 3 N–H and O–H groups in total. The molecule has 1 aromatic carbocycles. The van der Waals surface area contributed by atoms with E-state index in [0.717, 1.165) is 35.9 Å². The molecule has 0 saturated carbocycles. The van der Waals surface area contributed by atoms with E-state index in [0.29, 0.717) is 25.6 Å². The molecule has 0 radical (unpaired) electrons. The van der Waals surface area contributed by atoms with Crippen LogP contribution in [0.15, 0.2) is 40.8 Å². The van der Waals surface area contributed by atoms with Crippen LogP contribution in [0, 0.1) is 5.82 Å². The van der Waals surface area contributed by atoms with Gasteiger partial charge in [-0.05, 0) is 60.5 Å². The number of guanidine groups is 1. The van der Waals surface area contributed by atoms with E-state index in [2.05, 4.69) is 32.1 Å². The Morgan fingerprint density at radius 1 is 1.33 bits per heavy atom. The number of nitrogens with one attached hydrogen (secondary N) is 3. The highest BCUT2D eigenvalue weighted by atomic mass is 32.1. The number of hydrogen-bond donors (Lipinski definition) is 3. The number of aliphatic imine (C=N–C) groups is 1. The Morgan fingerprint density at radius 2 is 2.23 bits per heavy atom. The molecule has 4 rings (SSSR count). The molecule has 1 amide bonds. The average molecular weight is 428 g/mol. The first-order valence-electron chi connectivity index (χ1n) is 10.2. The molecule has 1 aliphatic heterocycles. The molecule has 2 aromatic heterocycles. The van der Waals surface area contributed by atoms with Gasteiger partial charge in [0, 0.05) is 48.2 Å². The van der Waals surface area contributed by atoms with Gasteiger partial charge in [-0.25, -0.2) is 9.38 Å². The van der Waals surface area contributed by atoms with E-state index in [4.69, 9.17) is 0 Å². The van der Waals surface area contributed by atoms with Gasteiger partial charge in [0.2, 0.25) is 5.91 Å². The van der Waals surface area contributed by atoms with Crippen LogP contribution in [-0.2, 0) is 24.2 Å². The van der Waals surface area contributed by atoms with Gasteiger partial charge in [-0.2, -0.15) is 0 Å². The molecule has 0 unspecified atom stereocenters. The van der Waals surface area contributed by atoms with E-state index >= 15 is 0 Å². The molecular weight excluding hydrogens is 401 g/mol. The SMILES string of the molecule is CCNC(=NCC(=O)N1CCc2sccc2C1)NCCc1c[nH]c2ccc(F)cc12. The van der Waals surface area contributed by atoms with Crippen molar-refractivity contribution in [1.82, 2.24) is 20.5 Å². The van der Waals surface area contributed by atoms with Crippen LogP contribution in [0.5, 0.6) is 0 Å². The predicted molar refractivity (Wildman–Crippen MR) is 119 cm³/mol. The van der Waals surface area contributed by atoms with E-state index in [-0.39, 0.29) is 18.3 Å². The summed E-state index contributed by atoms with van der Waals surface area (Å²) in [6, 6.07) is 6.86. The zero-order chi connectivity index (χ0) is 20.9. The van der Waals surface area contributed by atoms with Crippen molar-refractivity contribution in [1.29, 1.82) is 0 Å². The van der Waals surface area contributed by atoms with Gasteiger partial charge in [0.1, 0.15) is 12.4 Å². The number of carbonyl (C=O) groups excluding carboxylic acids is 1. The number of H-pyrrole nitrogens is 1. The van der Waals surface area contributed by atoms with E-state index in [9.17, 15) is 9.18 Å². The van der Waals surface area contributed by atoms with Crippen LogP contribution in [0.3, 0.4) is 0 Å². The van der Waals surface area contributed by atoms with Crippen molar-refractivity contribution in [3.8, 4) is 0 Å². The molecule has 6 nitrogen and oxygen atoms in total. The Bertz CT molecular complexity index is 1060. The van der Waals surface area contributed by atoms with Crippen molar-refractivity contribution >= 4 is 34.1 Å². The van der Waals surface area contributed by atoms with Gasteiger partial charge in [0.05, 0.1) is 0 Å². The van der Waals surface area contributed by atoms with E-state index in [1.165, 1.54) is 16.5 Å². The number of aromatic amines is 1. The van der Waals surface area contributed by atoms with Crippen LogP contribution in [0.25, 0.3) is 10.9 Å². The van der Waals surface area contributed by atoms with E-state index < -0.39 is 0 Å². The van der Waals surface area contributed by atoms with Crippen molar-refractivity contribution in [2.45, 2.75) is 26.3 Å². The number of aromatic nitrogens is 1. The third-order valence-corrected chi connectivity index (χ3v) is 6.32. The minimum atomic E-state index is -0.239. The van der Waals surface area contributed by atoms with E-state index in [1.54, 1.807) is 23.5 Å². The Morgan fingerprint density at radius 3 is 3.10 bits per heavy atom. The molecule has 0 spiro atoms. The summed E-state index contributed by atoms with van der Waals surface area (Å²) in [6.45, 7) is 4.88. The van der Waals surface area contributed by atoms with Crippen LogP contribution < -0.4 is 10.6 Å². The lowest BCUT2D eigenvalue weighted by atomic mass is 10.1. The van der Waals surface area contributed by atoms with Gasteiger partial charge in [-0.15, -0.1) is 11.3 Å². The second-order valence-electron chi connectivity index (χ2n) is 7.31. The normalized spacial score (nSPS) is 14.1. The number of halogens is 1. The third kappa shape index (κ3) is 4.64. The summed E-state index contributed by atoms with van der Waals surface area (Å²) in [5.41, 5.74) is 3.22. The molecule has 0 bridgehead atoms. The fourth-order valence-corrected chi connectivity index (χ4v) is 4.61. The number of benzene rings is 1. The van der Waals surface area contributed by atoms with Crippen LogP contribution >= 0.6 is 11.3 Å². The Kier molecular flexibility index (Phi) is 6.32. The van der Waals surface area contributed by atoms with Gasteiger partial charge in [0.25, 0.3) is 0 Å². The fourth-order valence-electron chi connectivity index (χ4n) is 3.72. The monoisotopic (exact) mass is 427 g/mol. The molecule has 0 fully saturated rings. The molecule has 0 aliphatic carbocycles.